The van der Waals surface area contributed by atoms with Crippen LogP contribution in [-0.4, -0.2) is 11.1 Å². The maximum Gasteiger partial charge on any atom is 0.338 e. The van der Waals surface area contributed by atoms with Crippen molar-refractivity contribution in [2.75, 3.05) is 5.32 Å². The number of carboxylic acid groups (broad SMARTS) is 1. The Morgan fingerprint density at radius 3 is 2.84 bits per heavy atom. The zero-order valence-corrected chi connectivity index (χ0v) is 14.0. The van der Waals surface area contributed by atoms with Crippen LogP contribution in [0.15, 0.2) is 48.6 Å². The minimum atomic E-state index is -1.24. The lowest BCUT2D eigenvalue weighted by Gasteiger charge is -2.37. The Bertz CT molecular complexity index is 874. The Morgan fingerprint density at radius 2 is 2.12 bits per heavy atom. The lowest BCUT2D eigenvalue weighted by atomic mass is 9.76. The molecule has 0 aromatic heterocycles. The number of aromatic carboxylic acids is 1. The molecule has 2 N–H and O–H groups in total. The lowest BCUT2D eigenvalue weighted by molar-refractivity contribution is 0.0692. The van der Waals surface area contributed by atoms with Gasteiger partial charge in [-0.1, -0.05) is 37.3 Å². The van der Waals surface area contributed by atoms with E-state index < -0.39 is 11.8 Å². The van der Waals surface area contributed by atoms with Crippen molar-refractivity contribution in [2.24, 2.45) is 5.92 Å². The van der Waals surface area contributed by atoms with Crippen LogP contribution in [0.3, 0.4) is 0 Å². The van der Waals surface area contributed by atoms with Gasteiger partial charge in [-0.2, -0.15) is 0 Å². The van der Waals surface area contributed by atoms with Crippen molar-refractivity contribution in [3.05, 3.63) is 76.6 Å². The molecule has 128 valence electrons. The first-order chi connectivity index (χ1) is 12.1. The van der Waals surface area contributed by atoms with Crippen molar-refractivity contribution in [3.8, 4) is 0 Å². The summed E-state index contributed by atoms with van der Waals surface area (Å²) in [7, 11) is 0. The van der Waals surface area contributed by atoms with Gasteiger partial charge in [0.1, 0.15) is 5.82 Å². The number of rotatable bonds is 3. The molecule has 0 unspecified atom stereocenters. The fraction of sp³-hybridized carbons (Fsp3) is 0.286. The molecule has 0 spiro atoms. The molecule has 0 radical (unpaired) electrons. The van der Waals surface area contributed by atoms with E-state index in [1.807, 2.05) is 0 Å². The predicted octanol–water partition coefficient (Wildman–Crippen LogP) is 4.91. The Hall–Kier alpha value is -2.62. The third-order valence-electron chi connectivity index (χ3n) is 5.42. The largest absolute Gasteiger partial charge is 0.478 e. The van der Waals surface area contributed by atoms with Crippen molar-refractivity contribution in [1.82, 2.24) is 0 Å². The summed E-state index contributed by atoms with van der Waals surface area (Å²) in [5.74, 6) is -1.29. The number of nitrogens with one attached hydrogen (secondary N) is 1. The molecule has 0 fully saturated rings. The Labute approximate surface area is 146 Å². The highest BCUT2D eigenvalue weighted by molar-refractivity contribution is 5.88. The van der Waals surface area contributed by atoms with E-state index in [1.165, 1.54) is 23.3 Å². The maximum absolute atomic E-state index is 14.2. The van der Waals surface area contributed by atoms with E-state index >= 15 is 0 Å². The number of hydrogen-bond donors (Lipinski definition) is 2. The van der Waals surface area contributed by atoms with E-state index in [-0.39, 0.29) is 17.5 Å². The average Bonchev–Trinajstić information content (AvgIpc) is 3.10. The molecule has 1 aliphatic carbocycles. The summed E-state index contributed by atoms with van der Waals surface area (Å²) in [6.07, 6.45) is 6.38. The molecule has 2 aromatic carbocycles. The number of carboxylic acids is 1. The second-order valence-corrected chi connectivity index (χ2v) is 6.79. The van der Waals surface area contributed by atoms with Gasteiger partial charge < -0.3 is 10.4 Å². The Morgan fingerprint density at radius 1 is 1.28 bits per heavy atom. The molecule has 3 nitrogen and oxygen atoms in total. The molecule has 0 saturated heterocycles. The molecular weight excluding hydrogens is 317 g/mol. The van der Waals surface area contributed by atoms with Crippen LogP contribution in [0, 0.1) is 11.7 Å². The van der Waals surface area contributed by atoms with Gasteiger partial charge in [-0.15, -0.1) is 0 Å². The van der Waals surface area contributed by atoms with E-state index in [0.717, 1.165) is 24.1 Å². The van der Waals surface area contributed by atoms with Crippen LogP contribution in [0.1, 0.15) is 52.4 Å². The molecule has 2 aromatic rings. The molecular formula is C21H20FNO2. The fourth-order valence-corrected chi connectivity index (χ4v) is 4.09. The standard InChI is InChI=1S/C21H20FNO2/c1-2-12-6-9-19-17(10-12)14-4-3-5-15(14)20(23-19)13-7-8-16(21(24)25)18(22)11-13/h3,5-11,14-15,20,23H,2,4H2,1H3,(H,24,25)/t14-,15+,20+/m1/s1. The van der Waals surface area contributed by atoms with E-state index in [9.17, 15) is 9.18 Å². The summed E-state index contributed by atoms with van der Waals surface area (Å²) < 4.78 is 14.2. The molecule has 0 amide bonds. The second-order valence-electron chi connectivity index (χ2n) is 6.79. The van der Waals surface area contributed by atoms with Gasteiger partial charge in [-0.3, -0.25) is 0 Å². The Kier molecular flexibility index (Phi) is 3.83. The van der Waals surface area contributed by atoms with Crippen molar-refractivity contribution < 1.29 is 14.3 Å². The van der Waals surface area contributed by atoms with Gasteiger partial charge in [-0.25, -0.2) is 9.18 Å². The van der Waals surface area contributed by atoms with Gasteiger partial charge in [0.15, 0.2) is 0 Å². The number of halogens is 1. The number of carbonyl (C=O) groups is 1. The topological polar surface area (TPSA) is 49.3 Å². The highest BCUT2D eigenvalue weighted by atomic mass is 19.1. The number of allylic oxidation sites excluding steroid dienone is 1. The summed E-state index contributed by atoms with van der Waals surface area (Å²) in [4.78, 5) is 11.0. The van der Waals surface area contributed by atoms with Crippen LogP contribution in [0.4, 0.5) is 10.1 Å². The maximum atomic E-state index is 14.2. The second kappa shape index (κ2) is 6.03. The van der Waals surface area contributed by atoms with E-state index in [2.05, 4.69) is 42.6 Å². The first-order valence-electron chi connectivity index (χ1n) is 8.67. The summed E-state index contributed by atoms with van der Waals surface area (Å²) in [6.45, 7) is 2.15. The summed E-state index contributed by atoms with van der Waals surface area (Å²) in [5, 5.41) is 12.6. The van der Waals surface area contributed by atoms with E-state index in [0.29, 0.717) is 5.92 Å². The Balaban J connectivity index is 1.75. The number of hydrogen-bond acceptors (Lipinski definition) is 2. The minimum Gasteiger partial charge on any atom is -0.478 e. The number of fused-ring (bicyclic) bond motifs is 3. The normalized spacial score (nSPS) is 23.7. The van der Waals surface area contributed by atoms with Crippen molar-refractivity contribution in [2.45, 2.75) is 31.7 Å². The third-order valence-corrected chi connectivity index (χ3v) is 5.42. The molecule has 0 saturated carbocycles. The highest BCUT2D eigenvalue weighted by Gasteiger charge is 2.38. The SMILES string of the molecule is CCc1ccc2c(c1)[C@@H]1CC=C[C@@H]1[C@H](c1ccc(C(=O)O)c(F)c1)N2. The number of anilines is 1. The van der Waals surface area contributed by atoms with E-state index in [1.54, 1.807) is 6.07 Å². The molecule has 4 rings (SSSR count). The first kappa shape index (κ1) is 15.9. The van der Waals surface area contributed by atoms with Crippen molar-refractivity contribution in [3.63, 3.8) is 0 Å². The van der Waals surface area contributed by atoms with Crippen molar-refractivity contribution >= 4 is 11.7 Å². The van der Waals surface area contributed by atoms with Gasteiger partial charge in [0.2, 0.25) is 0 Å². The van der Waals surface area contributed by atoms with Gasteiger partial charge in [0.25, 0.3) is 0 Å². The van der Waals surface area contributed by atoms with Crippen molar-refractivity contribution in [1.29, 1.82) is 0 Å². The molecule has 1 heterocycles. The molecule has 25 heavy (non-hydrogen) atoms. The first-order valence-corrected chi connectivity index (χ1v) is 8.67. The smallest absolute Gasteiger partial charge is 0.338 e. The van der Waals surface area contributed by atoms with E-state index in [4.69, 9.17) is 5.11 Å². The third kappa shape index (κ3) is 2.62. The molecule has 4 heteroatoms. The van der Waals surface area contributed by atoms with Gasteiger partial charge in [-0.05, 0) is 53.6 Å². The minimum absolute atomic E-state index is 0.0546. The number of benzene rings is 2. The zero-order valence-electron chi connectivity index (χ0n) is 14.0. The summed E-state index contributed by atoms with van der Waals surface area (Å²) in [5.41, 5.74) is 4.24. The molecule has 3 atom stereocenters. The van der Waals surface area contributed by atoms with Crippen LogP contribution < -0.4 is 5.32 Å². The fourth-order valence-electron chi connectivity index (χ4n) is 4.09. The quantitative estimate of drug-likeness (QED) is 0.782. The summed E-state index contributed by atoms with van der Waals surface area (Å²) >= 11 is 0. The molecule has 2 aliphatic rings. The van der Waals surface area contributed by atoms with Crippen LogP contribution in [0.2, 0.25) is 0 Å². The molecule has 0 bridgehead atoms. The number of aryl methyl sites for hydroxylation is 1. The monoisotopic (exact) mass is 337 g/mol. The lowest BCUT2D eigenvalue weighted by Crippen LogP contribution is -2.29. The van der Waals surface area contributed by atoms with Gasteiger partial charge in [0.05, 0.1) is 11.6 Å². The average molecular weight is 337 g/mol. The van der Waals surface area contributed by atoms with Crippen LogP contribution >= 0.6 is 0 Å². The highest BCUT2D eigenvalue weighted by Crippen LogP contribution is 2.50. The van der Waals surface area contributed by atoms with Crippen LogP contribution in [0.25, 0.3) is 0 Å². The zero-order chi connectivity index (χ0) is 17.6. The predicted molar refractivity (Wildman–Crippen MR) is 95.5 cm³/mol. The van der Waals surface area contributed by atoms with Crippen LogP contribution in [0.5, 0.6) is 0 Å². The van der Waals surface area contributed by atoms with Gasteiger partial charge >= 0.3 is 5.97 Å². The summed E-state index contributed by atoms with van der Waals surface area (Å²) in [6, 6.07) is 10.9. The molecule has 1 aliphatic heterocycles. The van der Waals surface area contributed by atoms with Gasteiger partial charge in [0, 0.05) is 11.6 Å². The van der Waals surface area contributed by atoms with Crippen LogP contribution in [-0.2, 0) is 6.42 Å².